The van der Waals surface area contributed by atoms with E-state index in [1.165, 1.54) is 18.2 Å². The van der Waals surface area contributed by atoms with Gasteiger partial charge in [0.05, 0.1) is 13.0 Å². The molecular formula is C13H17NO2. The maximum atomic E-state index is 11.6. The highest BCUT2D eigenvalue weighted by molar-refractivity contribution is 5.74. The van der Waals surface area contributed by atoms with Crippen LogP contribution in [-0.4, -0.2) is 26.2 Å². The van der Waals surface area contributed by atoms with Crippen molar-refractivity contribution >= 4 is 5.97 Å². The number of aryl methyl sites for hydroxylation is 1. The first kappa shape index (κ1) is 11.1. The molecule has 16 heavy (non-hydrogen) atoms. The van der Waals surface area contributed by atoms with Crippen LogP contribution < -0.4 is 5.32 Å². The monoisotopic (exact) mass is 219 g/mol. The Balaban J connectivity index is 2.23. The first-order chi connectivity index (χ1) is 7.72. The molecule has 1 saturated heterocycles. The minimum atomic E-state index is -0.114. The lowest BCUT2D eigenvalue weighted by molar-refractivity contribution is -0.145. The van der Waals surface area contributed by atoms with Crippen LogP contribution >= 0.6 is 0 Å². The van der Waals surface area contributed by atoms with Crippen LogP contribution in [0.15, 0.2) is 24.3 Å². The van der Waals surface area contributed by atoms with Crippen LogP contribution in [0.4, 0.5) is 0 Å². The minimum Gasteiger partial charge on any atom is -0.469 e. The second-order valence-electron chi connectivity index (χ2n) is 4.31. The van der Waals surface area contributed by atoms with E-state index in [0.717, 1.165) is 6.54 Å². The number of esters is 1. The van der Waals surface area contributed by atoms with Gasteiger partial charge in [-0.2, -0.15) is 0 Å². The van der Waals surface area contributed by atoms with Crippen molar-refractivity contribution in [3.8, 4) is 0 Å². The molecular weight excluding hydrogens is 202 g/mol. The second-order valence-corrected chi connectivity index (χ2v) is 4.31. The summed E-state index contributed by atoms with van der Waals surface area (Å²) in [7, 11) is 1.45. The molecule has 0 bridgehead atoms. The number of methoxy groups -OCH3 is 1. The van der Waals surface area contributed by atoms with E-state index in [4.69, 9.17) is 4.74 Å². The van der Waals surface area contributed by atoms with Gasteiger partial charge in [0.1, 0.15) is 0 Å². The molecule has 86 valence electrons. The maximum Gasteiger partial charge on any atom is 0.310 e. The number of carbonyl (C=O) groups is 1. The number of benzene rings is 1. The molecule has 3 nitrogen and oxygen atoms in total. The SMILES string of the molecule is COC(=O)C1CNCC1c1cccc(C)c1. The first-order valence-electron chi connectivity index (χ1n) is 5.57. The number of hydrogen-bond acceptors (Lipinski definition) is 3. The molecule has 2 unspecified atom stereocenters. The lowest BCUT2D eigenvalue weighted by Crippen LogP contribution is -2.22. The van der Waals surface area contributed by atoms with E-state index in [-0.39, 0.29) is 17.8 Å². The summed E-state index contributed by atoms with van der Waals surface area (Å²) < 4.78 is 4.84. The fourth-order valence-corrected chi connectivity index (χ4v) is 2.33. The van der Waals surface area contributed by atoms with Gasteiger partial charge >= 0.3 is 5.97 Å². The van der Waals surface area contributed by atoms with Crippen molar-refractivity contribution in [1.29, 1.82) is 0 Å². The van der Waals surface area contributed by atoms with Gasteiger partial charge in [0.2, 0.25) is 0 Å². The Labute approximate surface area is 95.8 Å². The molecule has 0 saturated carbocycles. The van der Waals surface area contributed by atoms with E-state index in [2.05, 4.69) is 30.4 Å². The summed E-state index contributed by atoms with van der Waals surface area (Å²) in [5.74, 6) is 0.0793. The second kappa shape index (κ2) is 4.66. The summed E-state index contributed by atoms with van der Waals surface area (Å²) in [4.78, 5) is 11.6. The summed E-state index contributed by atoms with van der Waals surface area (Å²) in [6.45, 7) is 3.63. The molecule has 1 heterocycles. The van der Waals surface area contributed by atoms with Crippen LogP contribution in [0.3, 0.4) is 0 Å². The van der Waals surface area contributed by atoms with Crippen LogP contribution in [-0.2, 0) is 9.53 Å². The number of rotatable bonds is 2. The van der Waals surface area contributed by atoms with Crippen molar-refractivity contribution in [3.05, 3.63) is 35.4 Å². The summed E-state index contributed by atoms with van der Waals surface area (Å²) >= 11 is 0. The molecule has 1 aromatic rings. The Hall–Kier alpha value is -1.35. The van der Waals surface area contributed by atoms with E-state index in [1.54, 1.807) is 0 Å². The molecule has 1 fully saturated rings. The van der Waals surface area contributed by atoms with Gasteiger partial charge in [-0.1, -0.05) is 29.8 Å². The lowest BCUT2D eigenvalue weighted by Gasteiger charge is -2.17. The zero-order chi connectivity index (χ0) is 11.5. The van der Waals surface area contributed by atoms with Crippen molar-refractivity contribution in [2.24, 2.45) is 5.92 Å². The van der Waals surface area contributed by atoms with Gasteiger partial charge in [0, 0.05) is 19.0 Å². The molecule has 2 rings (SSSR count). The van der Waals surface area contributed by atoms with Gasteiger partial charge in [-0.25, -0.2) is 0 Å². The molecule has 0 spiro atoms. The summed E-state index contributed by atoms with van der Waals surface area (Å²) in [5, 5.41) is 3.25. The minimum absolute atomic E-state index is 0.0493. The van der Waals surface area contributed by atoms with Crippen LogP contribution in [0.5, 0.6) is 0 Å². The van der Waals surface area contributed by atoms with Crippen molar-refractivity contribution in [2.45, 2.75) is 12.8 Å². The van der Waals surface area contributed by atoms with Gasteiger partial charge in [0.15, 0.2) is 0 Å². The average Bonchev–Trinajstić information content (AvgIpc) is 2.77. The fourth-order valence-electron chi connectivity index (χ4n) is 2.33. The summed E-state index contributed by atoms with van der Waals surface area (Å²) in [6.07, 6.45) is 0. The normalized spacial score (nSPS) is 24.4. The van der Waals surface area contributed by atoms with Crippen LogP contribution in [0.1, 0.15) is 17.0 Å². The summed E-state index contributed by atoms with van der Waals surface area (Å²) in [6, 6.07) is 8.34. The Morgan fingerprint density at radius 3 is 2.94 bits per heavy atom. The van der Waals surface area contributed by atoms with E-state index in [9.17, 15) is 4.79 Å². The molecule has 3 heteroatoms. The zero-order valence-corrected chi connectivity index (χ0v) is 9.69. The molecule has 0 radical (unpaired) electrons. The highest BCUT2D eigenvalue weighted by atomic mass is 16.5. The zero-order valence-electron chi connectivity index (χ0n) is 9.69. The molecule has 1 aromatic carbocycles. The maximum absolute atomic E-state index is 11.6. The third-order valence-corrected chi connectivity index (χ3v) is 3.19. The van der Waals surface area contributed by atoms with Gasteiger partial charge in [0.25, 0.3) is 0 Å². The highest BCUT2D eigenvalue weighted by Crippen LogP contribution is 2.29. The molecule has 1 aliphatic heterocycles. The topological polar surface area (TPSA) is 38.3 Å². The third-order valence-electron chi connectivity index (χ3n) is 3.19. The number of nitrogens with one attached hydrogen (secondary N) is 1. The number of carbonyl (C=O) groups excluding carboxylic acids is 1. The predicted molar refractivity (Wildman–Crippen MR) is 62.3 cm³/mol. The smallest absolute Gasteiger partial charge is 0.310 e. The molecule has 0 aliphatic carbocycles. The van der Waals surface area contributed by atoms with Gasteiger partial charge in [-0.05, 0) is 12.5 Å². The van der Waals surface area contributed by atoms with Crippen LogP contribution in [0, 0.1) is 12.8 Å². The van der Waals surface area contributed by atoms with Gasteiger partial charge in [-0.3, -0.25) is 4.79 Å². The number of hydrogen-bond donors (Lipinski definition) is 1. The molecule has 0 amide bonds. The van der Waals surface area contributed by atoms with E-state index < -0.39 is 0 Å². The van der Waals surface area contributed by atoms with Crippen molar-refractivity contribution in [2.75, 3.05) is 20.2 Å². The van der Waals surface area contributed by atoms with E-state index in [0.29, 0.717) is 6.54 Å². The number of ether oxygens (including phenoxy) is 1. The molecule has 1 aliphatic rings. The first-order valence-corrected chi connectivity index (χ1v) is 5.57. The Morgan fingerprint density at radius 1 is 1.44 bits per heavy atom. The average molecular weight is 219 g/mol. The Morgan fingerprint density at radius 2 is 2.25 bits per heavy atom. The highest BCUT2D eigenvalue weighted by Gasteiger charge is 2.34. The molecule has 1 N–H and O–H groups in total. The standard InChI is InChI=1S/C13H17NO2/c1-9-4-3-5-10(6-9)11-7-14-8-12(11)13(15)16-2/h3-6,11-12,14H,7-8H2,1-2H3. The molecule has 2 atom stereocenters. The van der Waals surface area contributed by atoms with Crippen LogP contribution in [0.2, 0.25) is 0 Å². The largest absolute Gasteiger partial charge is 0.469 e. The van der Waals surface area contributed by atoms with E-state index in [1.807, 2.05) is 6.07 Å². The van der Waals surface area contributed by atoms with E-state index >= 15 is 0 Å². The van der Waals surface area contributed by atoms with Crippen molar-refractivity contribution in [3.63, 3.8) is 0 Å². The lowest BCUT2D eigenvalue weighted by atomic mass is 9.88. The Kier molecular flexibility index (Phi) is 3.25. The van der Waals surface area contributed by atoms with Crippen LogP contribution in [0.25, 0.3) is 0 Å². The Bertz CT molecular complexity index is 389. The fraction of sp³-hybridized carbons (Fsp3) is 0.462. The quantitative estimate of drug-likeness (QED) is 0.765. The van der Waals surface area contributed by atoms with Gasteiger partial charge < -0.3 is 10.1 Å². The van der Waals surface area contributed by atoms with Crippen molar-refractivity contribution in [1.82, 2.24) is 5.32 Å². The molecule has 0 aromatic heterocycles. The van der Waals surface area contributed by atoms with Gasteiger partial charge in [-0.15, -0.1) is 0 Å². The van der Waals surface area contributed by atoms with Crippen molar-refractivity contribution < 1.29 is 9.53 Å². The predicted octanol–water partition coefficient (Wildman–Crippen LogP) is 1.47. The summed E-state index contributed by atoms with van der Waals surface area (Å²) in [5.41, 5.74) is 2.45. The third kappa shape index (κ3) is 2.09.